The number of rotatable bonds is 6. The van der Waals surface area contributed by atoms with Crippen molar-refractivity contribution in [1.29, 1.82) is 0 Å². The van der Waals surface area contributed by atoms with E-state index in [0.717, 1.165) is 16.8 Å². The fourth-order valence-corrected chi connectivity index (χ4v) is 3.20. The predicted molar refractivity (Wildman–Crippen MR) is 79.5 cm³/mol. The van der Waals surface area contributed by atoms with Crippen LogP contribution in [0.4, 0.5) is 0 Å². The van der Waals surface area contributed by atoms with Crippen molar-refractivity contribution in [2.75, 3.05) is 0 Å². The summed E-state index contributed by atoms with van der Waals surface area (Å²) in [5.41, 5.74) is 0.940. The molecule has 20 heavy (non-hydrogen) atoms. The maximum atomic E-state index is 12.2. The minimum Gasteiger partial charge on any atom is -0.481 e. The van der Waals surface area contributed by atoms with Gasteiger partial charge in [-0.05, 0) is 29.7 Å². The molecule has 0 spiro atoms. The Labute approximate surface area is 120 Å². The summed E-state index contributed by atoms with van der Waals surface area (Å²) in [6, 6.07) is 0. The van der Waals surface area contributed by atoms with Crippen LogP contribution >= 0.6 is 11.3 Å². The number of aryl methyl sites for hydroxylation is 1. The van der Waals surface area contributed by atoms with Gasteiger partial charge in [0.25, 0.3) is 5.56 Å². The molecule has 1 atom stereocenters. The first-order chi connectivity index (χ1) is 9.52. The molecule has 6 heteroatoms. The van der Waals surface area contributed by atoms with Gasteiger partial charge in [-0.1, -0.05) is 13.8 Å². The van der Waals surface area contributed by atoms with E-state index in [2.05, 4.69) is 23.8 Å². The van der Waals surface area contributed by atoms with Gasteiger partial charge in [-0.3, -0.25) is 9.59 Å². The molecule has 2 N–H and O–H groups in total. The lowest BCUT2D eigenvalue weighted by atomic mass is 9.99. The number of carbonyl (C=O) groups is 1. The quantitative estimate of drug-likeness (QED) is 0.858. The van der Waals surface area contributed by atoms with Crippen molar-refractivity contribution in [3.8, 4) is 0 Å². The molecule has 0 aromatic carbocycles. The molecule has 2 heterocycles. The zero-order valence-electron chi connectivity index (χ0n) is 11.6. The van der Waals surface area contributed by atoms with Crippen LogP contribution in [0.3, 0.4) is 0 Å². The number of nitrogens with one attached hydrogen (secondary N) is 1. The second-order valence-electron chi connectivity index (χ2n) is 4.94. The van der Waals surface area contributed by atoms with Crippen molar-refractivity contribution in [2.45, 2.75) is 45.4 Å². The van der Waals surface area contributed by atoms with Crippen molar-refractivity contribution < 1.29 is 9.90 Å². The van der Waals surface area contributed by atoms with E-state index in [-0.39, 0.29) is 12.0 Å². The van der Waals surface area contributed by atoms with Gasteiger partial charge in [0.1, 0.15) is 10.7 Å². The Morgan fingerprint density at radius 2 is 2.30 bits per heavy atom. The normalized spacial score (nSPS) is 12.7. The van der Waals surface area contributed by atoms with Crippen molar-refractivity contribution >= 4 is 27.5 Å². The molecule has 0 saturated carbocycles. The van der Waals surface area contributed by atoms with Gasteiger partial charge in [-0.2, -0.15) is 0 Å². The fourth-order valence-electron chi connectivity index (χ4n) is 2.12. The first-order valence-electron chi connectivity index (χ1n) is 6.75. The molecular weight excluding hydrogens is 276 g/mol. The molecule has 0 aliphatic rings. The molecule has 0 fully saturated rings. The largest absolute Gasteiger partial charge is 0.481 e. The van der Waals surface area contributed by atoms with Gasteiger partial charge in [0.05, 0.1) is 5.39 Å². The Kier molecular flexibility index (Phi) is 4.54. The molecule has 2 rings (SSSR count). The minimum atomic E-state index is -0.830. The molecule has 0 amide bonds. The van der Waals surface area contributed by atoms with Gasteiger partial charge < -0.3 is 10.1 Å². The van der Waals surface area contributed by atoms with Crippen LogP contribution in [0.15, 0.2) is 10.2 Å². The number of carboxylic acids is 1. The van der Waals surface area contributed by atoms with E-state index in [4.69, 9.17) is 5.11 Å². The standard InChI is InChI=1S/C14H18N2O3S/c1-3-8(2)9-7-20-14-12(9)13(19)15-10(16-14)5-4-6-11(17)18/h7-8H,3-6H2,1-2H3,(H,17,18)(H,15,16,19). The lowest BCUT2D eigenvalue weighted by Gasteiger charge is -2.06. The summed E-state index contributed by atoms with van der Waals surface area (Å²) in [5.74, 6) is 0.0782. The molecule has 5 nitrogen and oxygen atoms in total. The zero-order chi connectivity index (χ0) is 14.7. The van der Waals surface area contributed by atoms with Gasteiger partial charge in [-0.25, -0.2) is 4.98 Å². The topological polar surface area (TPSA) is 83.0 Å². The van der Waals surface area contributed by atoms with Gasteiger partial charge in [0.15, 0.2) is 0 Å². The highest BCUT2D eigenvalue weighted by Gasteiger charge is 2.15. The smallest absolute Gasteiger partial charge is 0.303 e. The highest BCUT2D eigenvalue weighted by atomic mass is 32.1. The fraction of sp³-hybridized carbons (Fsp3) is 0.500. The van der Waals surface area contributed by atoms with Crippen LogP contribution in [0, 0.1) is 0 Å². The maximum absolute atomic E-state index is 12.2. The number of thiophene rings is 1. The molecule has 0 bridgehead atoms. The third-order valence-electron chi connectivity index (χ3n) is 3.47. The zero-order valence-corrected chi connectivity index (χ0v) is 12.4. The highest BCUT2D eigenvalue weighted by molar-refractivity contribution is 7.16. The molecule has 2 aromatic heterocycles. The van der Waals surface area contributed by atoms with Crippen molar-refractivity contribution in [3.05, 3.63) is 27.1 Å². The second-order valence-corrected chi connectivity index (χ2v) is 5.80. The number of aromatic nitrogens is 2. The molecule has 108 valence electrons. The Morgan fingerprint density at radius 1 is 1.55 bits per heavy atom. The van der Waals surface area contributed by atoms with E-state index in [1.54, 1.807) is 0 Å². The summed E-state index contributed by atoms with van der Waals surface area (Å²) in [4.78, 5) is 30.6. The van der Waals surface area contributed by atoms with Crippen LogP contribution in [0.1, 0.15) is 50.4 Å². The summed E-state index contributed by atoms with van der Waals surface area (Å²) in [6.45, 7) is 4.19. The van der Waals surface area contributed by atoms with Crippen LogP contribution in [-0.4, -0.2) is 21.0 Å². The molecule has 2 aromatic rings. The average Bonchev–Trinajstić information content (AvgIpc) is 2.81. The summed E-state index contributed by atoms with van der Waals surface area (Å²) < 4.78 is 0. The number of H-pyrrole nitrogens is 1. The van der Waals surface area contributed by atoms with Crippen molar-refractivity contribution in [2.24, 2.45) is 0 Å². The van der Waals surface area contributed by atoms with Crippen LogP contribution < -0.4 is 5.56 Å². The monoisotopic (exact) mass is 294 g/mol. The van der Waals surface area contributed by atoms with E-state index in [9.17, 15) is 9.59 Å². The Balaban J connectivity index is 2.30. The first-order valence-corrected chi connectivity index (χ1v) is 7.63. The summed E-state index contributed by atoms with van der Waals surface area (Å²) in [6.07, 6.45) is 2.03. The van der Waals surface area contributed by atoms with Crippen LogP contribution in [0.2, 0.25) is 0 Å². The number of hydrogen-bond acceptors (Lipinski definition) is 4. The van der Waals surface area contributed by atoms with Crippen molar-refractivity contribution in [1.82, 2.24) is 9.97 Å². The third kappa shape index (κ3) is 3.07. The Morgan fingerprint density at radius 3 is 2.95 bits per heavy atom. The number of hydrogen-bond donors (Lipinski definition) is 2. The van der Waals surface area contributed by atoms with Crippen LogP contribution in [-0.2, 0) is 11.2 Å². The van der Waals surface area contributed by atoms with Crippen LogP contribution in [0.5, 0.6) is 0 Å². The number of aromatic amines is 1. The summed E-state index contributed by atoms with van der Waals surface area (Å²) in [7, 11) is 0. The van der Waals surface area contributed by atoms with E-state index < -0.39 is 5.97 Å². The predicted octanol–water partition coefficient (Wildman–Crippen LogP) is 2.91. The molecule has 1 unspecified atom stereocenters. The van der Waals surface area contributed by atoms with E-state index in [1.165, 1.54) is 11.3 Å². The number of nitrogens with zero attached hydrogens (tertiary/aromatic N) is 1. The summed E-state index contributed by atoms with van der Waals surface area (Å²) in [5, 5.41) is 11.3. The lowest BCUT2D eigenvalue weighted by Crippen LogP contribution is -2.13. The van der Waals surface area contributed by atoms with E-state index >= 15 is 0 Å². The first kappa shape index (κ1) is 14.7. The van der Waals surface area contributed by atoms with Gasteiger partial charge in [-0.15, -0.1) is 11.3 Å². The van der Waals surface area contributed by atoms with Gasteiger partial charge >= 0.3 is 5.97 Å². The maximum Gasteiger partial charge on any atom is 0.303 e. The van der Waals surface area contributed by atoms with Gasteiger partial charge in [0, 0.05) is 12.8 Å². The Hall–Kier alpha value is -1.69. The molecule has 0 radical (unpaired) electrons. The highest BCUT2D eigenvalue weighted by Crippen LogP contribution is 2.29. The molecule has 0 aliphatic heterocycles. The summed E-state index contributed by atoms with van der Waals surface area (Å²) >= 11 is 1.48. The number of aliphatic carboxylic acids is 1. The average molecular weight is 294 g/mol. The molecule has 0 aliphatic carbocycles. The second kappa shape index (κ2) is 6.17. The third-order valence-corrected chi connectivity index (χ3v) is 4.36. The van der Waals surface area contributed by atoms with Gasteiger partial charge in [0.2, 0.25) is 0 Å². The van der Waals surface area contributed by atoms with E-state index in [0.29, 0.717) is 30.0 Å². The minimum absolute atomic E-state index is 0.0876. The molecule has 0 saturated heterocycles. The SMILES string of the molecule is CCC(C)c1csc2nc(CCCC(=O)O)[nH]c(=O)c12. The molecular formula is C14H18N2O3S. The lowest BCUT2D eigenvalue weighted by molar-refractivity contribution is -0.137. The number of carboxylic acid groups (broad SMARTS) is 1. The van der Waals surface area contributed by atoms with Crippen molar-refractivity contribution in [3.63, 3.8) is 0 Å². The number of fused-ring (bicyclic) bond motifs is 1. The van der Waals surface area contributed by atoms with E-state index in [1.807, 2.05) is 5.38 Å². The Bertz CT molecular complexity index is 675. The van der Waals surface area contributed by atoms with Crippen LogP contribution in [0.25, 0.3) is 10.2 Å².